The van der Waals surface area contributed by atoms with Gasteiger partial charge in [-0.1, -0.05) is 48.6 Å². The van der Waals surface area contributed by atoms with E-state index in [2.05, 4.69) is 6.58 Å². The van der Waals surface area contributed by atoms with Gasteiger partial charge in [0.1, 0.15) is 0 Å². The minimum absolute atomic E-state index is 0.0989. The molecule has 0 aliphatic heterocycles. The third-order valence-electron chi connectivity index (χ3n) is 2.94. The SMILES string of the molecule is C=CCC(C#N)(C#N)C/C(C#N)=C/C=C/c1ccccc1. The molecule has 0 aliphatic carbocycles. The van der Waals surface area contributed by atoms with Crippen molar-refractivity contribution >= 4 is 6.08 Å². The molecular formula is C18H15N3. The van der Waals surface area contributed by atoms with Gasteiger partial charge in [-0.3, -0.25) is 0 Å². The van der Waals surface area contributed by atoms with Crippen molar-refractivity contribution < 1.29 is 0 Å². The second-order valence-electron chi connectivity index (χ2n) is 4.55. The van der Waals surface area contributed by atoms with Crippen LogP contribution >= 0.6 is 0 Å². The van der Waals surface area contributed by atoms with Crippen molar-refractivity contribution in [2.45, 2.75) is 12.8 Å². The van der Waals surface area contributed by atoms with Crippen molar-refractivity contribution in [3.8, 4) is 18.2 Å². The van der Waals surface area contributed by atoms with Gasteiger partial charge in [0.25, 0.3) is 0 Å². The molecule has 0 bridgehead atoms. The van der Waals surface area contributed by atoms with Crippen LogP contribution in [0.15, 0.2) is 60.7 Å². The van der Waals surface area contributed by atoms with E-state index in [4.69, 9.17) is 5.26 Å². The van der Waals surface area contributed by atoms with E-state index in [1.807, 2.05) is 54.6 Å². The maximum absolute atomic E-state index is 9.18. The van der Waals surface area contributed by atoms with Crippen molar-refractivity contribution in [2.24, 2.45) is 5.41 Å². The lowest BCUT2D eigenvalue weighted by Gasteiger charge is -2.15. The zero-order valence-corrected chi connectivity index (χ0v) is 11.7. The summed E-state index contributed by atoms with van der Waals surface area (Å²) in [7, 11) is 0. The highest BCUT2D eigenvalue weighted by molar-refractivity contribution is 5.51. The van der Waals surface area contributed by atoms with E-state index < -0.39 is 5.41 Å². The molecule has 0 spiro atoms. The summed E-state index contributed by atoms with van der Waals surface area (Å²) in [4.78, 5) is 0. The summed E-state index contributed by atoms with van der Waals surface area (Å²) in [5, 5.41) is 27.5. The first-order valence-corrected chi connectivity index (χ1v) is 6.45. The monoisotopic (exact) mass is 273 g/mol. The van der Waals surface area contributed by atoms with Crippen molar-refractivity contribution in [2.75, 3.05) is 0 Å². The van der Waals surface area contributed by atoms with Gasteiger partial charge in [-0.25, -0.2) is 0 Å². The molecule has 1 aromatic carbocycles. The number of hydrogen-bond acceptors (Lipinski definition) is 3. The zero-order chi connectivity index (χ0) is 15.6. The van der Waals surface area contributed by atoms with Crippen LogP contribution in [0.25, 0.3) is 6.08 Å². The molecule has 0 N–H and O–H groups in total. The van der Waals surface area contributed by atoms with E-state index in [1.54, 1.807) is 12.2 Å². The quantitative estimate of drug-likeness (QED) is 0.444. The zero-order valence-electron chi connectivity index (χ0n) is 11.7. The first-order valence-electron chi connectivity index (χ1n) is 6.45. The molecule has 0 saturated carbocycles. The van der Waals surface area contributed by atoms with Gasteiger partial charge in [-0.2, -0.15) is 15.8 Å². The third kappa shape index (κ3) is 4.83. The Bertz CT molecular complexity index is 647. The first-order chi connectivity index (χ1) is 10.2. The van der Waals surface area contributed by atoms with Crippen molar-refractivity contribution in [3.63, 3.8) is 0 Å². The van der Waals surface area contributed by atoms with Crippen LogP contribution in [0.2, 0.25) is 0 Å². The van der Waals surface area contributed by atoms with Crippen LogP contribution in [0.4, 0.5) is 0 Å². The molecule has 0 radical (unpaired) electrons. The minimum Gasteiger partial charge on any atom is -0.197 e. The minimum atomic E-state index is -1.22. The fraction of sp³-hybridized carbons (Fsp3) is 0.167. The number of nitrogens with zero attached hydrogens (tertiary/aromatic N) is 3. The highest BCUT2D eigenvalue weighted by Crippen LogP contribution is 2.29. The summed E-state index contributed by atoms with van der Waals surface area (Å²) in [5.74, 6) is 0. The Hall–Kier alpha value is -3.09. The maximum atomic E-state index is 9.18. The van der Waals surface area contributed by atoms with E-state index in [1.165, 1.54) is 6.08 Å². The molecule has 0 amide bonds. The molecule has 3 heteroatoms. The van der Waals surface area contributed by atoms with Gasteiger partial charge in [0.15, 0.2) is 5.41 Å². The van der Waals surface area contributed by atoms with Crippen LogP contribution < -0.4 is 0 Å². The van der Waals surface area contributed by atoms with E-state index >= 15 is 0 Å². The van der Waals surface area contributed by atoms with Crippen LogP contribution in [-0.2, 0) is 0 Å². The fourth-order valence-corrected chi connectivity index (χ4v) is 1.81. The van der Waals surface area contributed by atoms with Crippen LogP contribution in [-0.4, -0.2) is 0 Å². The lowest BCUT2D eigenvalue weighted by atomic mass is 9.81. The van der Waals surface area contributed by atoms with Gasteiger partial charge in [0.05, 0.1) is 18.2 Å². The molecule has 0 heterocycles. The largest absolute Gasteiger partial charge is 0.197 e. The second kappa shape index (κ2) is 8.16. The van der Waals surface area contributed by atoms with Crippen LogP contribution in [0.3, 0.4) is 0 Å². The van der Waals surface area contributed by atoms with Crippen LogP contribution in [0.1, 0.15) is 18.4 Å². The highest BCUT2D eigenvalue weighted by Gasteiger charge is 2.29. The van der Waals surface area contributed by atoms with E-state index in [0.717, 1.165) is 5.56 Å². The topological polar surface area (TPSA) is 71.4 Å². The Morgan fingerprint density at radius 1 is 1.14 bits per heavy atom. The van der Waals surface area contributed by atoms with Crippen LogP contribution in [0, 0.1) is 39.4 Å². The summed E-state index contributed by atoms with van der Waals surface area (Å²) in [6.45, 7) is 3.56. The Balaban J connectivity index is 2.89. The molecule has 1 rings (SSSR count). The van der Waals surface area contributed by atoms with Crippen LogP contribution in [0.5, 0.6) is 0 Å². The van der Waals surface area contributed by atoms with Crippen molar-refractivity contribution in [3.05, 3.63) is 66.3 Å². The van der Waals surface area contributed by atoms with E-state index in [0.29, 0.717) is 5.57 Å². The maximum Gasteiger partial charge on any atom is 0.151 e. The molecule has 0 fully saturated rings. The number of rotatable bonds is 6. The molecule has 1 aromatic rings. The standard InChI is InChI=1S/C18H15N3/c1-2-11-18(14-20,15-21)12-17(13-19)10-6-9-16-7-4-3-5-8-16/h2-10H,1,11-12H2/b9-6+,17-10-. The molecule has 0 aromatic heterocycles. The summed E-state index contributed by atoms with van der Waals surface area (Å²) >= 11 is 0. The summed E-state index contributed by atoms with van der Waals surface area (Å²) < 4.78 is 0. The van der Waals surface area contributed by atoms with Gasteiger partial charge >= 0.3 is 0 Å². The number of nitriles is 3. The molecule has 0 atom stereocenters. The summed E-state index contributed by atoms with van der Waals surface area (Å²) in [5.41, 5.74) is 0.195. The lowest BCUT2D eigenvalue weighted by Crippen LogP contribution is -2.15. The van der Waals surface area contributed by atoms with Gasteiger partial charge in [-0.05, 0) is 18.1 Å². The Kier molecular flexibility index (Phi) is 6.20. The highest BCUT2D eigenvalue weighted by atomic mass is 14.4. The average Bonchev–Trinajstić information content (AvgIpc) is 2.54. The second-order valence-corrected chi connectivity index (χ2v) is 4.55. The van der Waals surface area contributed by atoms with Gasteiger partial charge in [0.2, 0.25) is 0 Å². The van der Waals surface area contributed by atoms with Crippen molar-refractivity contribution in [1.29, 1.82) is 15.8 Å². The van der Waals surface area contributed by atoms with E-state index in [9.17, 15) is 10.5 Å². The van der Waals surface area contributed by atoms with Gasteiger partial charge < -0.3 is 0 Å². The first kappa shape index (κ1) is 16.0. The predicted molar refractivity (Wildman–Crippen MR) is 82.3 cm³/mol. The Morgan fingerprint density at radius 2 is 1.81 bits per heavy atom. The molecule has 102 valence electrons. The fourth-order valence-electron chi connectivity index (χ4n) is 1.81. The normalized spacial score (nSPS) is 11.4. The molecule has 21 heavy (non-hydrogen) atoms. The smallest absolute Gasteiger partial charge is 0.151 e. The molecular weight excluding hydrogens is 258 g/mol. The Labute approximate surface area is 125 Å². The lowest BCUT2D eigenvalue weighted by molar-refractivity contribution is 0.530. The average molecular weight is 273 g/mol. The summed E-state index contributed by atoms with van der Waals surface area (Å²) in [6.07, 6.45) is 7.12. The van der Waals surface area contributed by atoms with Gasteiger partial charge in [-0.15, -0.1) is 6.58 Å². The third-order valence-corrected chi connectivity index (χ3v) is 2.94. The molecule has 0 unspecified atom stereocenters. The molecule has 0 saturated heterocycles. The predicted octanol–water partition coefficient (Wildman–Crippen LogP) is 4.15. The summed E-state index contributed by atoms with van der Waals surface area (Å²) in [6, 6.07) is 15.7. The molecule has 0 aliphatic rings. The van der Waals surface area contributed by atoms with E-state index in [-0.39, 0.29) is 12.8 Å². The number of hydrogen-bond donors (Lipinski definition) is 0. The van der Waals surface area contributed by atoms with Gasteiger partial charge in [0, 0.05) is 12.0 Å². The molecule has 3 nitrogen and oxygen atoms in total. The number of benzene rings is 1. The Morgan fingerprint density at radius 3 is 2.33 bits per heavy atom. The van der Waals surface area contributed by atoms with Crippen molar-refractivity contribution in [1.82, 2.24) is 0 Å². The number of allylic oxidation sites excluding steroid dienone is 4.